The molecule has 96 valence electrons. The van der Waals surface area contributed by atoms with Crippen LogP contribution in [-0.4, -0.2) is 40.0 Å². The van der Waals surface area contributed by atoms with Crippen molar-refractivity contribution in [3.05, 3.63) is 37.9 Å². The van der Waals surface area contributed by atoms with Gasteiger partial charge in [-0.25, -0.2) is 0 Å². The molecule has 18 heavy (non-hydrogen) atoms. The molecule has 1 aromatic rings. The van der Waals surface area contributed by atoms with Gasteiger partial charge in [0.2, 0.25) is 0 Å². The summed E-state index contributed by atoms with van der Waals surface area (Å²) < 4.78 is 0. The fourth-order valence-electron chi connectivity index (χ4n) is 1.63. The number of aliphatic hydroxyl groups excluding tert-OH is 1. The predicted molar refractivity (Wildman–Crippen MR) is 65.0 cm³/mol. The molecule has 1 aliphatic heterocycles. The smallest absolute Gasteiger partial charge is 0.271 e. The van der Waals surface area contributed by atoms with Gasteiger partial charge in [0.15, 0.2) is 0 Å². The molecule has 1 fully saturated rings. The van der Waals surface area contributed by atoms with Crippen LogP contribution < -0.4 is 0 Å². The number of carbonyl (C=O) groups is 1. The fourth-order valence-corrected chi connectivity index (χ4v) is 2.03. The summed E-state index contributed by atoms with van der Waals surface area (Å²) >= 11 is 11.6. The van der Waals surface area contributed by atoms with Crippen molar-refractivity contribution in [3.8, 4) is 0 Å². The van der Waals surface area contributed by atoms with Crippen LogP contribution in [0, 0.1) is 10.1 Å². The topological polar surface area (TPSA) is 83.7 Å². The molecule has 0 saturated carbocycles. The number of hydrogen-bond acceptors (Lipinski definition) is 4. The summed E-state index contributed by atoms with van der Waals surface area (Å²) in [6.45, 7) is 0.380. The molecule has 2 rings (SSSR count). The molecule has 0 unspecified atom stereocenters. The minimum absolute atomic E-state index is 0.0198. The number of hydrogen-bond donors (Lipinski definition) is 1. The summed E-state index contributed by atoms with van der Waals surface area (Å²) in [5.41, 5.74) is -0.323. The van der Waals surface area contributed by atoms with E-state index in [2.05, 4.69) is 0 Å². The van der Waals surface area contributed by atoms with Gasteiger partial charge in [-0.05, 0) is 0 Å². The SMILES string of the molecule is O=C(c1cc([N+](=O)[O-])cc(Cl)c1Cl)N1CC(O)C1. The number of nitro benzene ring substituents is 1. The van der Waals surface area contributed by atoms with Gasteiger partial charge in [-0.2, -0.15) is 0 Å². The van der Waals surface area contributed by atoms with E-state index in [4.69, 9.17) is 28.3 Å². The molecule has 0 bridgehead atoms. The van der Waals surface area contributed by atoms with Crippen molar-refractivity contribution in [2.45, 2.75) is 6.10 Å². The molecular formula is C10H8Cl2N2O4. The van der Waals surface area contributed by atoms with Crippen molar-refractivity contribution in [1.82, 2.24) is 4.90 Å². The first-order chi connectivity index (χ1) is 8.40. The lowest BCUT2D eigenvalue weighted by Gasteiger charge is -2.36. The fraction of sp³-hybridized carbons (Fsp3) is 0.300. The second-order valence-electron chi connectivity index (χ2n) is 3.91. The maximum Gasteiger partial charge on any atom is 0.271 e. The monoisotopic (exact) mass is 290 g/mol. The number of carbonyl (C=O) groups excluding carboxylic acids is 1. The van der Waals surface area contributed by atoms with Crippen LogP contribution in [0.4, 0.5) is 5.69 Å². The molecule has 1 heterocycles. The summed E-state index contributed by atoms with van der Waals surface area (Å²) in [6, 6.07) is 2.17. The number of β-amino-alcohol motifs (C(OH)–C–C–N with tert-alkyl or cyclic N) is 1. The molecule has 0 spiro atoms. The number of nitrogens with zero attached hydrogens (tertiary/aromatic N) is 2. The van der Waals surface area contributed by atoms with Crippen LogP contribution in [0.15, 0.2) is 12.1 Å². The Kier molecular flexibility index (Phi) is 3.43. The zero-order valence-electron chi connectivity index (χ0n) is 8.97. The lowest BCUT2D eigenvalue weighted by molar-refractivity contribution is -0.384. The van der Waals surface area contributed by atoms with Crippen LogP contribution in [0.5, 0.6) is 0 Å². The summed E-state index contributed by atoms with van der Waals surface area (Å²) in [6.07, 6.45) is -0.554. The van der Waals surface area contributed by atoms with Crippen molar-refractivity contribution >= 4 is 34.8 Å². The first-order valence-corrected chi connectivity index (χ1v) is 5.76. The minimum atomic E-state index is -0.649. The van der Waals surface area contributed by atoms with E-state index >= 15 is 0 Å². The van der Waals surface area contributed by atoms with Crippen molar-refractivity contribution in [3.63, 3.8) is 0 Å². The first kappa shape index (κ1) is 13.1. The van der Waals surface area contributed by atoms with E-state index in [0.29, 0.717) is 0 Å². The third-order valence-electron chi connectivity index (χ3n) is 2.60. The molecule has 0 radical (unpaired) electrons. The van der Waals surface area contributed by atoms with E-state index in [0.717, 1.165) is 12.1 Å². The van der Waals surface area contributed by atoms with Crippen LogP contribution in [0.3, 0.4) is 0 Å². The number of non-ortho nitro benzene ring substituents is 1. The van der Waals surface area contributed by atoms with E-state index < -0.39 is 16.9 Å². The number of aliphatic hydroxyl groups is 1. The van der Waals surface area contributed by atoms with Crippen molar-refractivity contribution in [1.29, 1.82) is 0 Å². The number of nitro groups is 1. The van der Waals surface area contributed by atoms with E-state index in [-0.39, 0.29) is 34.4 Å². The Morgan fingerprint density at radius 2 is 2.06 bits per heavy atom. The van der Waals surface area contributed by atoms with Gasteiger partial charge in [-0.3, -0.25) is 14.9 Å². The predicted octanol–water partition coefficient (Wildman–Crippen LogP) is 1.72. The highest BCUT2D eigenvalue weighted by molar-refractivity contribution is 6.44. The number of likely N-dealkylation sites (tertiary alicyclic amines) is 1. The number of halogens is 2. The lowest BCUT2D eigenvalue weighted by atomic mass is 10.1. The van der Waals surface area contributed by atoms with Gasteiger partial charge in [-0.15, -0.1) is 0 Å². The highest BCUT2D eigenvalue weighted by Crippen LogP contribution is 2.32. The highest BCUT2D eigenvalue weighted by Gasteiger charge is 2.32. The number of amides is 1. The van der Waals surface area contributed by atoms with Crippen molar-refractivity contribution in [2.24, 2.45) is 0 Å². The van der Waals surface area contributed by atoms with Gasteiger partial charge in [0.1, 0.15) is 0 Å². The second-order valence-corrected chi connectivity index (χ2v) is 4.70. The Labute approximate surface area is 112 Å². The van der Waals surface area contributed by atoms with Crippen LogP contribution >= 0.6 is 23.2 Å². The maximum atomic E-state index is 12.0. The molecule has 8 heteroatoms. The molecule has 1 aliphatic rings. The summed E-state index contributed by atoms with van der Waals surface area (Å²) in [7, 11) is 0. The third kappa shape index (κ3) is 2.27. The first-order valence-electron chi connectivity index (χ1n) is 5.01. The largest absolute Gasteiger partial charge is 0.389 e. The van der Waals surface area contributed by atoms with Crippen LogP contribution in [0.2, 0.25) is 10.0 Å². The lowest BCUT2D eigenvalue weighted by Crippen LogP contribution is -2.53. The summed E-state index contributed by atoms with van der Waals surface area (Å²) in [4.78, 5) is 23.3. The zero-order valence-corrected chi connectivity index (χ0v) is 10.5. The molecule has 1 N–H and O–H groups in total. The molecule has 1 saturated heterocycles. The normalized spacial score (nSPS) is 15.4. The average Bonchev–Trinajstić information content (AvgIpc) is 2.27. The molecule has 0 atom stereocenters. The minimum Gasteiger partial charge on any atom is -0.389 e. The Balaban J connectivity index is 2.37. The molecular weight excluding hydrogens is 283 g/mol. The Morgan fingerprint density at radius 3 is 2.56 bits per heavy atom. The maximum absolute atomic E-state index is 12.0. The molecule has 1 amide bonds. The molecule has 1 aromatic carbocycles. The van der Waals surface area contributed by atoms with E-state index in [1.807, 2.05) is 0 Å². The number of rotatable bonds is 2. The Bertz CT molecular complexity index is 529. The average molecular weight is 291 g/mol. The highest BCUT2D eigenvalue weighted by atomic mass is 35.5. The summed E-state index contributed by atoms with van der Waals surface area (Å²) in [5, 5.41) is 19.7. The third-order valence-corrected chi connectivity index (χ3v) is 3.41. The van der Waals surface area contributed by atoms with Crippen molar-refractivity contribution < 1.29 is 14.8 Å². The second kappa shape index (κ2) is 4.72. The Morgan fingerprint density at radius 1 is 1.44 bits per heavy atom. The van der Waals surface area contributed by atoms with Crippen molar-refractivity contribution in [2.75, 3.05) is 13.1 Å². The zero-order chi connectivity index (χ0) is 13.4. The van der Waals surface area contributed by atoms with Crippen LogP contribution in [-0.2, 0) is 0 Å². The van der Waals surface area contributed by atoms with Gasteiger partial charge in [0.25, 0.3) is 11.6 Å². The van der Waals surface area contributed by atoms with Gasteiger partial charge in [0.05, 0.1) is 26.6 Å². The number of benzene rings is 1. The standard InChI is InChI=1S/C10H8Cl2N2O4/c11-8-2-5(14(17)18)1-7(9(8)12)10(16)13-3-6(15)4-13/h1-2,6,15H,3-4H2. The van der Waals surface area contributed by atoms with E-state index in [1.54, 1.807) is 0 Å². The quantitative estimate of drug-likeness (QED) is 0.664. The molecule has 0 aliphatic carbocycles. The van der Waals surface area contributed by atoms with Gasteiger partial charge in [-0.1, -0.05) is 23.2 Å². The van der Waals surface area contributed by atoms with Gasteiger partial charge < -0.3 is 10.0 Å². The summed E-state index contributed by atoms with van der Waals surface area (Å²) in [5.74, 6) is -0.476. The Hall–Kier alpha value is -1.37. The van der Waals surface area contributed by atoms with Crippen LogP contribution in [0.25, 0.3) is 0 Å². The van der Waals surface area contributed by atoms with E-state index in [9.17, 15) is 14.9 Å². The van der Waals surface area contributed by atoms with Gasteiger partial charge in [0, 0.05) is 25.2 Å². The molecule has 6 nitrogen and oxygen atoms in total. The van der Waals surface area contributed by atoms with E-state index in [1.165, 1.54) is 4.90 Å². The molecule has 0 aromatic heterocycles. The van der Waals surface area contributed by atoms with Crippen LogP contribution in [0.1, 0.15) is 10.4 Å². The van der Waals surface area contributed by atoms with Gasteiger partial charge >= 0.3 is 0 Å².